The first-order chi connectivity index (χ1) is 21.8. The lowest BCUT2D eigenvalue weighted by Crippen LogP contribution is -2.03. The topological polar surface area (TPSA) is 115 Å². The Labute approximate surface area is 269 Å². The quantitative estimate of drug-likeness (QED) is 0.174. The summed E-state index contributed by atoms with van der Waals surface area (Å²) in [7, 11) is 1.38. The molecule has 8 heteroatoms. The van der Waals surface area contributed by atoms with Crippen molar-refractivity contribution in [1.29, 1.82) is 0 Å². The molecule has 0 atom stereocenters. The third-order valence-electron chi connectivity index (χ3n) is 7.49. The summed E-state index contributed by atoms with van der Waals surface area (Å²) >= 11 is 0. The molecular formula is C38H38N4O4. The summed E-state index contributed by atoms with van der Waals surface area (Å²) in [5, 5.41) is 11.3. The molecule has 0 aliphatic rings. The number of carbonyl (C=O) groups excluding carboxylic acids is 1. The van der Waals surface area contributed by atoms with Crippen molar-refractivity contribution in [2.45, 2.75) is 47.0 Å². The van der Waals surface area contributed by atoms with E-state index in [4.69, 9.17) is 9.84 Å². The Bertz CT molecular complexity index is 1990. The van der Waals surface area contributed by atoms with E-state index in [0.29, 0.717) is 18.4 Å². The van der Waals surface area contributed by atoms with Gasteiger partial charge in [-0.3, -0.25) is 19.9 Å². The molecule has 0 saturated heterocycles. The highest BCUT2D eigenvalue weighted by Crippen LogP contribution is 2.20. The normalized spacial score (nSPS) is 10.5. The van der Waals surface area contributed by atoms with Crippen molar-refractivity contribution < 1.29 is 19.4 Å². The minimum absolute atomic E-state index is 0. The Morgan fingerprint density at radius 2 is 1.09 bits per heavy atom. The summed E-state index contributed by atoms with van der Waals surface area (Å²) in [5.74, 6) is -1.28. The van der Waals surface area contributed by atoms with Crippen molar-refractivity contribution >= 4 is 33.7 Å². The molecule has 234 valence electrons. The molecule has 0 bridgehead atoms. The molecule has 6 aromatic rings. The van der Waals surface area contributed by atoms with Gasteiger partial charge in [0.15, 0.2) is 0 Å². The van der Waals surface area contributed by atoms with Crippen molar-refractivity contribution in [3.05, 3.63) is 142 Å². The van der Waals surface area contributed by atoms with Crippen LogP contribution in [0.1, 0.15) is 75.6 Å². The maximum atomic E-state index is 11.6. The molecule has 0 saturated carbocycles. The Morgan fingerprint density at radius 1 is 0.630 bits per heavy atom. The number of fused-ring (bicyclic) bond motifs is 2. The van der Waals surface area contributed by atoms with Gasteiger partial charge >= 0.3 is 11.9 Å². The van der Waals surface area contributed by atoms with E-state index in [9.17, 15) is 9.59 Å². The highest BCUT2D eigenvalue weighted by atomic mass is 16.5. The lowest BCUT2D eigenvalue weighted by Gasteiger charge is -2.06. The van der Waals surface area contributed by atoms with Crippen LogP contribution >= 0.6 is 0 Å². The molecule has 0 unspecified atom stereocenters. The highest BCUT2D eigenvalue weighted by molar-refractivity contribution is 5.89. The van der Waals surface area contributed by atoms with Crippen molar-refractivity contribution in [3.8, 4) is 0 Å². The van der Waals surface area contributed by atoms with Crippen molar-refractivity contribution in [2.75, 3.05) is 7.11 Å². The number of carboxylic acid groups (broad SMARTS) is 1. The lowest BCUT2D eigenvalue weighted by molar-refractivity contribution is 0.0599. The zero-order chi connectivity index (χ0) is 31.8. The Hall–Kier alpha value is -5.50. The monoisotopic (exact) mass is 614 g/mol. The van der Waals surface area contributed by atoms with Gasteiger partial charge in [-0.1, -0.05) is 33.4 Å². The number of benzene rings is 2. The molecule has 0 fully saturated rings. The summed E-state index contributed by atoms with van der Waals surface area (Å²) in [4.78, 5) is 40.1. The van der Waals surface area contributed by atoms with Crippen LogP contribution in [0.15, 0.2) is 97.6 Å². The largest absolute Gasteiger partial charge is 0.478 e. The molecule has 46 heavy (non-hydrogen) atoms. The second-order valence-corrected chi connectivity index (χ2v) is 10.7. The van der Waals surface area contributed by atoms with Crippen LogP contribution in [0.2, 0.25) is 0 Å². The fraction of sp³-hybridized carbons (Fsp3) is 0.211. The molecule has 0 aliphatic heterocycles. The van der Waals surface area contributed by atoms with Crippen LogP contribution in [0.3, 0.4) is 0 Å². The predicted molar refractivity (Wildman–Crippen MR) is 181 cm³/mol. The number of hydrogen-bond acceptors (Lipinski definition) is 7. The number of aryl methyl sites for hydroxylation is 2. The second-order valence-electron chi connectivity index (χ2n) is 10.7. The number of carboxylic acids is 1. The fourth-order valence-corrected chi connectivity index (χ4v) is 5.01. The highest BCUT2D eigenvalue weighted by Gasteiger charge is 2.09. The van der Waals surface area contributed by atoms with Crippen LogP contribution in [0.25, 0.3) is 21.8 Å². The molecule has 0 spiro atoms. The standard InChI is InChI=1S/C19H18N2O2.C18H16N2O2.CH4/c1-3-13-8-16-9-14(4-5-18(16)21-12-13)10-17-11-15(6-7-20-17)19(22)23-2;1-2-12-7-15-8-13(3-4-17(15)20-11-12)9-16-10-14(18(21)22)5-6-19-16;/h4-9,11-12H,3,10H2,1-2H3;3-8,10-11H,2,9H2,1H3,(H,21,22);1H4. The minimum Gasteiger partial charge on any atom is -0.478 e. The first-order valence-corrected chi connectivity index (χ1v) is 14.8. The van der Waals surface area contributed by atoms with E-state index in [1.165, 1.54) is 30.5 Å². The molecule has 0 amide bonds. The number of rotatable bonds is 8. The van der Waals surface area contributed by atoms with Crippen LogP contribution in [-0.4, -0.2) is 44.1 Å². The van der Waals surface area contributed by atoms with Gasteiger partial charge in [-0.05, 0) is 95.8 Å². The molecule has 0 radical (unpaired) electrons. The number of nitrogens with zero attached hydrogens (tertiary/aromatic N) is 4. The zero-order valence-corrected chi connectivity index (χ0v) is 25.5. The molecule has 4 heterocycles. The molecule has 4 aromatic heterocycles. The summed E-state index contributed by atoms with van der Waals surface area (Å²) < 4.78 is 4.75. The van der Waals surface area contributed by atoms with E-state index < -0.39 is 5.97 Å². The van der Waals surface area contributed by atoms with Crippen molar-refractivity contribution in [1.82, 2.24) is 19.9 Å². The van der Waals surface area contributed by atoms with E-state index in [1.54, 1.807) is 24.4 Å². The van der Waals surface area contributed by atoms with Gasteiger partial charge in [0.05, 0.1) is 29.3 Å². The van der Waals surface area contributed by atoms with Crippen LogP contribution < -0.4 is 0 Å². The molecule has 0 aliphatic carbocycles. The van der Waals surface area contributed by atoms with Crippen LogP contribution in [0.4, 0.5) is 0 Å². The van der Waals surface area contributed by atoms with E-state index in [-0.39, 0.29) is 19.0 Å². The average molecular weight is 615 g/mol. The Morgan fingerprint density at radius 3 is 1.54 bits per heavy atom. The number of methoxy groups -OCH3 is 1. The third kappa shape index (κ3) is 8.35. The van der Waals surface area contributed by atoms with E-state index in [2.05, 4.69) is 58.0 Å². The van der Waals surface area contributed by atoms with Gasteiger partial charge in [0.1, 0.15) is 0 Å². The SMILES string of the molecule is C.CCc1cnc2ccc(Cc3cc(C(=O)O)ccn3)cc2c1.CCc1cnc2ccc(Cc3cc(C(=O)OC)ccn3)cc2c1. The molecule has 2 aromatic carbocycles. The number of ether oxygens (including phenoxy) is 1. The molecule has 6 rings (SSSR count). The fourth-order valence-electron chi connectivity index (χ4n) is 5.01. The lowest BCUT2D eigenvalue weighted by atomic mass is 10.0. The van der Waals surface area contributed by atoms with Gasteiger partial charge in [0, 0.05) is 59.8 Å². The summed E-state index contributed by atoms with van der Waals surface area (Å²) in [5.41, 5.74) is 8.99. The van der Waals surface area contributed by atoms with Crippen LogP contribution in [0, 0.1) is 0 Å². The second kappa shape index (κ2) is 15.5. The van der Waals surface area contributed by atoms with E-state index >= 15 is 0 Å². The summed E-state index contributed by atoms with van der Waals surface area (Å²) in [6, 6.07) is 23.2. The number of pyridine rings is 4. The van der Waals surface area contributed by atoms with Gasteiger partial charge in [0.2, 0.25) is 0 Å². The van der Waals surface area contributed by atoms with E-state index in [1.807, 2.05) is 36.7 Å². The van der Waals surface area contributed by atoms with Gasteiger partial charge < -0.3 is 9.84 Å². The summed E-state index contributed by atoms with van der Waals surface area (Å²) in [6.45, 7) is 4.23. The maximum Gasteiger partial charge on any atom is 0.337 e. The molecule has 1 N–H and O–H groups in total. The number of hydrogen-bond donors (Lipinski definition) is 1. The number of esters is 1. The predicted octanol–water partition coefficient (Wildman–Crippen LogP) is 7.69. The van der Waals surface area contributed by atoms with Gasteiger partial charge in [0.25, 0.3) is 0 Å². The maximum absolute atomic E-state index is 11.6. The van der Waals surface area contributed by atoms with Crippen molar-refractivity contribution in [2.24, 2.45) is 0 Å². The van der Waals surface area contributed by atoms with Gasteiger partial charge in [-0.25, -0.2) is 9.59 Å². The average Bonchev–Trinajstić information content (AvgIpc) is 3.07. The minimum atomic E-state index is -0.932. The zero-order valence-electron chi connectivity index (χ0n) is 25.5. The third-order valence-corrected chi connectivity index (χ3v) is 7.49. The van der Waals surface area contributed by atoms with Crippen molar-refractivity contribution in [3.63, 3.8) is 0 Å². The first-order valence-electron chi connectivity index (χ1n) is 14.8. The van der Waals surface area contributed by atoms with Crippen LogP contribution in [-0.2, 0) is 30.4 Å². The smallest absolute Gasteiger partial charge is 0.337 e. The summed E-state index contributed by atoms with van der Waals surface area (Å²) in [6.07, 6.45) is 10.2. The number of aromatic nitrogens is 4. The Balaban J connectivity index is 0.000000205. The molecule has 8 nitrogen and oxygen atoms in total. The first kappa shape index (κ1) is 33.4. The van der Waals surface area contributed by atoms with Gasteiger partial charge in [-0.2, -0.15) is 0 Å². The number of aromatic carboxylic acids is 1. The number of carbonyl (C=O) groups is 2. The van der Waals surface area contributed by atoms with E-state index in [0.717, 1.165) is 57.2 Å². The van der Waals surface area contributed by atoms with Crippen LogP contribution in [0.5, 0.6) is 0 Å². The Kier molecular flexibility index (Phi) is 11.2. The van der Waals surface area contributed by atoms with Gasteiger partial charge in [-0.15, -0.1) is 0 Å². The molecular weight excluding hydrogens is 576 g/mol.